The number of hydrogen-bond donors (Lipinski definition) is 2. The minimum atomic E-state index is -1.01. The van der Waals surface area contributed by atoms with Crippen LogP contribution in [0.2, 0.25) is 0 Å². The van der Waals surface area contributed by atoms with Gasteiger partial charge in [-0.3, -0.25) is 0 Å². The average molecular weight is 263 g/mol. The lowest BCUT2D eigenvalue weighted by Gasteiger charge is -2.10. The van der Waals surface area contributed by atoms with Crippen molar-refractivity contribution in [1.82, 2.24) is 10.4 Å². The fourth-order valence-electron chi connectivity index (χ4n) is 1.97. The predicted molar refractivity (Wildman–Crippen MR) is 67.9 cm³/mol. The molecule has 0 radical (unpaired) electrons. The Bertz CT molecular complexity index is 608. The zero-order valence-corrected chi connectivity index (χ0v) is 10.3. The third-order valence-corrected chi connectivity index (χ3v) is 2.85. The first-order chi connectivity index (χ1) is 9.11. The van der Waals surface area contributed by atoms with Gasteiger partial charge in [-0.1, -0.05) is 18.2 Å². The second-order valence-corrected chi connectivity index (χ2v) is 4.03. The average Bonchev–Trinajstić information content (AvgIpc) is 2.80. The number of nitrogens with one attached hydrogen (secondary N) is 2. The normalized spacial score (nSPS) is 12.1. The summed E-state index contributed by atoms with van der Waals surface area (Å²) >= 11 is 0. The van der Waals surface area contributed by atoms with Gasteiger partial charge in [0, 0.05) is 23.5 Å². The molecule has 1 aromatic carbocycles. The first kappa shape index (κ1) is 12.9. The molecule has 0 aliphatic carbocycles. The number of rotatable bonds is 5. The predicted octanol–water partition coefficient (Wildman–Crippen LogP) is 1.03. The first-order valence-electron chi connectivity index (χ1n) is 5.65. The third-order valence-electron chi connectivity index (χ3n) is 2.85. The van der Waals surface area contributed by atoms with Crippen LogP contribution in [0.5, 0.6) is 0 Å². The molecule has 0 unspecified atom stereocenters. The number of para-hydroxylation sites is 1. The Morgan fingerprint density at radius 3 is 2.95 bits per heavy atom. The van der Waals surface area contributed by atoms with E-state index in [1.165, 1.54) is 7.11 Å². The van der Waals surface area contributed by atoms with Crippen LogP contribution in [0, 0.1) is 10.1 Å². The van der Waals surface area contributed by atoms with Gasteiger partial charge in [0.1, 0.15) is 0 Å². The standard InChI is InChI=1S/C12H13N3O4/c1-19-12(16)11(14-15(17)18)6-8-7-13-10-5-3-2-4-9(8)10/h2-5,7,11,13-14H,6H2,1H3/t11-/m0/s1. The highest BCUT2D eigenvalue weighted by Gasteiger charge is 2.25. The molecule has 1 atom stereocenters. The summed E-state index contributed by atoms with van der Waals surface area (Å²) < 4.78 is 4.56. The Labute approximate surface area is 108 Å². The minimum absolute atomic E-state index is 0.178. The van der Waals surface area contributed by atoms with Crippen LogP contribution in [-0.4, -0.2) is 29.1 Å². The van der Waals surface area contributed by atoms with Gasteiger partial charge >= 0.3 is 5.97 Å². The quantitative estimate of drug-likeness (QED) is 0.477. The van der Waals surface area contributed by atoms with E-state index in [2.05, 4.69) is 9.72 Å². The summed E-state index contributed by atoms with van der Waals surface area (Å²) in [5, 5.41) is 10.7. The molecular weight excluding hydrogens is 250 g/mol. The van der Waals surface area contributed by atoms with Crippen LogP contribution >= 0.6 is 0 Å². The number of hydrogen-bond acceptors (Lipinski definition) is 4. The number of ether oxygens (including phenoxy) is 1. The summed E-state index contributed by atoms with van der Waals surface area (Å²) in [7, 11) is 1.20. The number of nitro groups is 1. The molecule has 0 bridgehead atoms. The number of hydrazine groups is 1. The summed E-state index contributed by atoms with van der Waals surface area (Å²) in [5.41, 5.74) is 3.71. The van der Waals surface area contributed by atoms with Gasteiger partial charge in [-0.15, -0.1) is 5.43 Å². The fourth-order valence-corrected chi connectivity index (χ4v) is 1.97. The van der Waals surface area contributed by atoms with E-state index in [0.717, 1.165) is 16.5 Å². The number of aromatic nitrogens is 1. The van der Waals surface area contributed by atoms with Gasteiger partial charge in [0.2, 0.25) is 0 Å². The van der Waals surface area contributed by atoms with E-state index in [1.54, 1.807) is 6.20 Å². The lowest BCUT2D eigenvalue weighted by atomic mass is 10.1. The molecule has 0 aliphatic rings. The van der Waals surface area contributed by atoms with Gasteiger partial charge in [-0.2, -0.15) is 0 Å². The summed E-state index contributed by atoms with van der Waals surface area (Å²) in [5.74, 6) is -0.665. The van der Waals surface area contributed by atoms with E-state index < -0.39 is 17.0 Å². The highest BCUT2D eigenvalue weighted by Crippen LogP contribution is 2.19. The van der Waals surface area contributed by atoms with Crippen molar-refractivity contribution in [2.45, 2.75) is 12.5 Å². The van der Waals surface area contributed by atoms with Crippen LogP contribution in [0.4, 0.5) is 0 Å². The molecule has 19 heavy (non-hydrogen) atoms. The number of H-pyrrole nitrogens is 1. The number of nitrogens with zero attached hydrogens (tertiary/aromatic N) is 1. The van der Waals surface area contributed by atoms with Crippen molar-refractivity contribution < 1.29 is 14.6 Å². The number of methoxy groups -OCH3 is 1. The Morgan fingerprint density at radius 2 is 2.26 bits per heavy atom. The van der Waals surface area contributed by atoms with Crippen molar-refractivity contribution in [2.75, 3.05) is 7.11 Å². The van der Waals surface area contributed by atoms with Crippen LogP contribution in [-0.2, 0) is 16.0 Å². The number of esters is 1. The zero-order valence-electron chi connectivity index (χ0n) is 10.3. The zero-order chi connectivity index (χ0) is 13.8. The van der Waals surface area contributed by atoms with E-state index in [9.17, 15) is 14.9 Å². The van der Waals surface area contributed by atoms with Crippen LogP contribution in [0.15, 0.2) is 30.5 Å². The highest BCUT2D eigenvalue weighted by atomic mass is 16.7. The number of benzene rings is 1. The topological polar surface area (TPSA) is 97.3 Å². The number of carbonyl (C=O) groups is 1. The Hall–Kier alpha value is -2.57. The molecule has 0 amide bonds. The van der Waals surface area contributed by atoms with Gasteiger partial charge in [0.25, 0.3) is 0 Å². The molecule has 0 spiro atoms. The molecule has 7 nitrogen and oxygen atoms in total. The molecule has 7 heteroatoms. The van der Waals surface area contributed by atoms with Crippen molar-refractivity contribution in [3.63, 3.8) is 0 Å². The molecule has 2 aromatic rings. The van der Waals surface area contributed by atoms with E-state index in [1.807, 2.05) is 29.7 Å². The number of aromatic amines is 1. The Kier molecular flexibility index (Phi) is 3.65. The van der Waals surface area contributed by atoms with E-state index >= 15 is 0 Å². The SMILES string of the molecule is COC(=O)[C@H](Cc1c[nH]c2ccccc12)N[N+](=O)[O-]. The third kappa shape index (κ3) is 2.82. The maximum absolute atomic E-state index is 11.5. The lowest BCUT2D eigenvalue weighted by molar-refractivity contribution is -0.548. The highest BCUT2D eigenvalue weighted by molar-refractivity contribution is 5.84. The molecule has 1 heterocycles. The van der Waals surface area contributed by atoms with Crippen molar-refractivity contribution in [3.8, 4) is 0 Å². The lowest BCUT2D eigenvalue weighted by Crippen LogP contribution is -2.42. The van der Waals surface area contributed by atoms with Crippen molar-refractivity contribution in [2.24, 2.45) is 0 Å². The summed E-state index contributed by atoms with van der Waals surface area (Å²) in [6.45, 7) is 0. The molecule has 1 aromatic heterocycles. The Morgan fingerprint density at radius 1 is 1.53 bits per heavy atom. The molecule has 0 fully saturated rings. The first-order valence-corrected chi connectivity index (χ1v) is 5.65. The van der Waals surface area contributed by atoms with E-state index in [-0.39, 0.29) is 6.42 Å². The summed E-state index contributed by atoms with van der Waals surface area (Å²) in [6.07, 6.45) is 1.92. The second-order valence-electron chi connectivity index (χ2n) is 4.03. The molecular formula is C12H13N3O4. The van der Waals surface area contributed by atoms with Crippen LogP contribution < -0.4 is 5.43 Å². The van der Waals surface area contributed by atoms with Gasteiger partial charge < -0.3 is 9.72 Å². The maximum atomic E-state index is 11.5. The molecule has 0 aliphatic heterocycles. The minimum Gasteiger partial charge on any atom is -0.467 e. The smallest absolute Gasteiger partial charge is 0.334 e. The van der Waals surface area contributed by atoms with E-state index in [4.69, 9.17) is 0 Å². The summed E-state index contributed by atoms with van der Waals surface area (Å²) in [4.78, 5) is 25.1. The number of carbonyl (C=O) groups excluding carboxylic acids is 1. The van der Waals surface area contributed by atoms with Gasteiger partial charge in [0.05, 0.1) is 7.11 Å². The molecule has 0 saturated carbocycles. The van der Waals surface area contributed by atoms with Crippen LogP contribution in [0.1, 0.15) is 5.56 Å². The summed E-state index contributed by atoms with van der Waals surface area (Å²) in [6, 6.07) is 6.53. The monoisotopic (exact) mass is 263 g/mol. The van der Waals surface area contributed by atoms with E-state index in [0.29, 0.717) is 0 Å². The molecule has 2 N–H and O–H groups in total. The fraction of sp³-hybridized carbons (Fsp3) is 0.250. The van der Waals surface area contributed by atoms with Gasteiger partial charge in [-0.05, 0) is 11.6 Å². The molecule has 2 rings (SSSR count). The van der Waals surface area contributed by atoms with Crippen molar-refractivity contribution >= 4 is 16.9 Å². The van der Waals surface area contributed by atoms with Crippen molar-refractivity contribution in [1.29, 1.82) is 0 Å². The largest absolute Gasteiger partial charge is 0.467 e. The van der Waals surface area contributed by atoms with Gasteiger partial charge in [0.15, 0.2) is 11.1 Å². The molecule has 100 valence electrons. The van der Waals surface area contributed by atoms with Crippen LogP contribution in [0.3, 0.4) is 0 Å². The molecule has 0 saturated heterocycles. The van der Waals surface area contributed by atoms with Crippen LogP contribution in [0.25, 0.3) is 10.9 Å². The van der Waals surface area contributed by atoms with Crippen molar-refractivity contribution in [3.05, 3.63) is 46.1 Å². The maximum Gasteiger partial charge on any atom is 0.334 e. The Balaban J connectivity index is 2.25. The number of fused-ring (bicyclic) bond motifs is 1. The second kappa shape index (κ2) is 5.38. The van der Waals surface area contributed by atoms with Gasteiger partial charge in [-0.25, -0.2) is 14.9 Å².